The molecule has 0 saturated heterocycles. The average molecular weight is 517 g/mol. The Morgan fingerprint density at radius 1 is 1.00 bits per heavy atom. The molecule has 0 atom stereocenters. The van der Waals surface area contributed by atoms with E-state index in [1.54, 1.807) is 31.2 Å². The van der Waals surface area contributed by atoms with Crippen molar-refractivity contribution in [2.75, 3.05) is 27.2 Å². The van der Waals surface area contributed by atoms with E-state index in [9.17, 15) is 24.5 Å². The number of nitro groups is 1. The van der Waals surface area contributed by atoms with Gasteiger partial charge in [0.25, 0.3) is 11.6 Å². The van der Waals surface area contributed by atoms with E-state index in [0.717, 1.165) is 12.1 Å². The van der Waals surface area contributed by atoms with Gasteiger partial charge in [0.05, 0.1) is 16.2 Å². The van der Waals surface area contributed by atoms with Crippen molar-refractivity contribution < 1.29 is 18.6 Å². The molecule has 2 aromatic carbocycles. The maximum Gasteiger partial charge on any atom is 0.336 e. The zero-order valence-corrected chi connectivity index (χ0v) is 20.9. The number of nitrogens with zero attached hydrogens (tertiary/aromatic N) is 3. The van der Waals surface area contributed by atoms with E-state index in [4.69, 9.17) is 8.83 Å². The predicted octanol–water partition coefficient (Wildman–Crippen LogP) is 3.59. The molecule has 0 radical (unpaired) electrons. The Balaban J connectivity index is 2.18. The molecule has 0 bridgehead atoms. The normalized spacial score (nSPS) is 10.9. The number of para-hydroxylation sites is 1. The number of hydrogen-bond acceptors (Lipinski definition) is 9. The van der Waals surface area contributed by atoms with Gasteiger partial charge in [-0.3, -0.25) is 14.9 Å². The molecule has 194 valence electrons. The highest BCUT2D eigenvalue weighted by atomic mass is 16.6. The minimum absolute atomic E-state index is 0.0535. The maximum atomic E-state index is 13.4. The third kappa shape index (κ3) is 5.57. The van der Waals surface area contributed by atoms with Crippen molar-refractivity contribution >= 4 is 33.7 Å². The molecule has 0 spiro atoms. The number of nitro benzene ring substituents is 1. The fraction of sp³-hybridized carbons (Fsp3) is 0.185. The third-order valence-electron chi connectivity index (χ3n) is 5.68. The Morgan fingerprint density at radius 2 is 1.66 bits per heavy atom. The largest absolute Gasteiger partial charge is 0.423 e. The van der Waals surface area contributed by atoms with Crippen LogP contribution in [-0.2, 0) is 0 Å². The first-order chi connectivity index (χ1) is 18.2. The number of aromatic nitrogens is 1. The SMILES string of the molecule is Cc1nc2c(oc(=O)ccc(=O)oc3ccccc32)c(-c2ccc([N+](=O)[O-])cc2)c1C(=O)NCCN(C)C. The van der Waals surface area contributed by atoms with Crippen molar-refractivity contribution in [2.24, 2.45) is 0 Å². The number of non-ortho nitro benzene ring substituents is 1. The van der Waals surface area contributed by atoms with Gasteiger partial charge in [0.15, 0.2) is 5.58 Å². The van der Waals surface area contributed by atoms with Gasteiger partial charge in [0, 0.05) is 48.3 Å². The predicted molar refractivity (Wildman–Crippen MR) is 142 cm³/mol. The van der Waals surface area contributed by atoms with Gasteiger partial charge in [-0.1, -0.05) is 12.1 Å². The summed E-state index contributed by atoms with van der Waals surface area (Å²) < 4.78 is 11.1. The first-order valence-corrected chi connectivity index (χ1v) is 11.6. The van der Waals surface area contributed by atoms with Crippen LogP contribution in [0.4, 0.5) is 5.69 Å². The molecule has 0 aliphatic rings. The molecule has 2 aromatic heterocycles. The Bertz CT molecular complexity index is 1720. The Morgan fingerprint density at radius 3 is 2.32 bits per heavy atom. The van der Waals surface area contributed by atoms with Crippen LogP contribution >= 0.6 is 0 Å². The molecule has 11 nitrogen and oxygen atoms in total. The van der Waals surface area contributed by atoms with E-state index in [1.807, 2.05) is 19.0 Å². The third-order valence-corrected chi connectivity index (χ3v) is 5.68. The lowest BCUT2D eigenvalue weighted by molar-refractivity contribution is -0.384. The summed E-state index contributed by atoms with van der Waals surface area (Å²) in [5.41, 5.74) is -0.487. The minimum atomic E-state index is -0.893. The first kappa shape index (κ1) is 26.2. The molecule has 11 heteroatoms. The summed E-state index contributed by atoms with van der Waals surface area (Å²) in [7, 11) is 3.74. The van der Waals surface area contributed by atoms with E-state index in [-0.39, 0.29) is 33.5 Å². The number of nitrogens with one attached hydrogen (secondary N) is 1. The fourth-order valence-electron chi connectivity index (χ4n) is 3.92. The van der Waals surface area contributed by atoms with E-state index < -0.39 is 22.1 Å². The monoisotopic (exact) mass is 516 g/mol. The van der Waals surface area contributed by atoms with Crippen LogP contribution in [0.1, 0.15) is 16.1 Å². The summed E-state index contributed by atoms with van der Waals surface area (Å²) in [5, 5.41) is 14.5. The van der Waals surface area contributed by atoms with Crippen molar-refractivity contribution in [3.63, 3.8) is 0 Å². The topological polar surface area (TPSA) is 149 Å². The molecule has 1 N–H and O–H groups in total. The lowest BCUT2D eigenvalue weighted by Crippen LogP contribution is -2.32. The molecule has 2 heterocycles. The summed E-state index contributed by atoms with van der Waals surface area (Å²) in [6, 6.07) is 14.0. The summed E-state index contributed by atoms with van der Waals surface area (Å²) in [5.74, 6) is -0.462. The zero-order chi connectivity index (χ0) is 27.4. The standard InChI is InChI=1S/C27H24N4O7/c1-16-23(27(34)28-14-15-30(2)3)24(17-8-10-18(11-9-17)31(35)36)26-25(29-16)19-6-4-5-7-20(19)37-21(32)12-13-22(33)38-26/h4-13H,14-15H2,1-3H3,(H,28,34). The van der Waals surface area contributed by atoms with E-state index in [2.05, 4.69) is 10.3 Å². The molecule has 0 saturated carbocycles. The molecule has 1 amide bonds. The highest BCUT2D eigenvalue weighted by molar-refractivity contribution is 6.12. The number of carbonyl (C=O) groups excluding carboxylic acids is 1. The first-order valence-electron chi connectivity index (χ1n) is 11.6. The van der Waals surface area contributed by atoms with Crippen molar-refractivity contribution in [1.29, 1.82) is 0 Å². The van der Waals surface area contributed by atoms with E-state index >= 15 is 0 Å². The number of carbonyl (C=O) groups is 1. The number of pyridine rings is 1. The molecule has 4 rings (SSSR count). The second kappa shape index (κ2) is 11.0. The van der Waals surface area contributed by atoms with Crippen LogP contribution in [0.3, 0.4) is 0 Å². The van der Waals surface area contributed by atoms with Gasteiger partial charge in [-0.15, -0.1) is 0 Å². The molecule has 0 unspecified atom stereocenters. The summed E-state index contributed by atoms with van der Waals surface area (Å²) in [4.78, 5) is 55.6. The number of fused-ring (bicyclic) bond motifs is 3. The molecular formula is C27H24N4O7. The lowest BCUT2D eigenvalue weighted by atomic mass is 9.96. The van der Waals surface area contributed by atoms with Gasteiger partial charge < -0.3 is 19.1 Å². The van der Waals surface area contributed by atoms with Crippen LogP contribution in [0.25, 0.3) is 33.2 Å². The summed E-state index contributed by atoms with van der Waals surface area (Å²) >= 11 is 0. The maximum absolute atomic E-state index is 13.4. The van der Waals surface area contributed by atoms with Gasteiger partial charge in [-0.2, -0.15) is 0 Å². The number of rotatable bonds is 6. The summed E-state index contributed by atoms with van der Waals surface area (Å²) in [6.07, 6.45) is 0. The van der Waals surface area contributed by atoms with Gasteiger partial charge in [-0.25, -0.2) is 14.6 Å². The van der Waals surface area contributed by atoms with Crippen LogP contribution in [0, 0.1) is 17.0 Å². The second-order valence-electron chi connectivity index (χ2n) is 8.66. The lowest BCUT2D eigenvalue weighted by Gasteiger charge is -2.16. The Hall–Kier alpha value is -4.90. The Labute approximate surface area is 215 Å². The second-order valence-corrected chi connectivity index (χ2v) is 8.66. The molecule has 0 fully saturated rings. The average Bonchev–Trinajstić information content (AvgIpc) is 2.88. The number of aryl methyl sites for hydroxylation is 1. The molecule has 0 aliphatic carbocycles. The van der Waals surface area contributed by atoms with Crippen LogP contribution in [0.5, 0.6) is 0 Å². The molecule has 0 aliphatic heterocycles. The van der Waals surface area contributed by atoms with Gasteiger partial charge in [0.1, 0.15) is 11.1 Å². The fourth-order valence-corrected chi connectivity index (χ4v) is 3.92. The van der Waals surface area contributed by atoms with E-state index in [0.29, 0.717) is 29.7 Å². The Kier molecular flexibility index (Phi) is 7.58. The minimum Gasteiger partial charge on any atom is -0.423 e. The van der Waals surface area contributed by atoms with Gasteiger partial charge >= 0.3 is 11.3 Å². The highest BCUT2D eigenvalue weighted by Crippen LogP contribution is 2.35. The number of hydrogen-bond donors (Lipinski definition) is 1. The van der Waals surface area contributed by atoms with Crippen LogP contribution < -0.4 is 16.6 Å². The van der Waals surface area contributed by atoms with E-state index in [1.165, 1.54) is 24.3 Å². The number of amides is 1. The van der Waals surface area contributed by atoms with Crippen molar-refractivity contribution in [2.45, 2.75) is 6.92 Å². The van der Waals surface area contributed by atoms with Crippen LogP contribution in [-0.4, -0.2) is 47.9 Å². The highest BCUT2D eigenvalue weighted by Gasteiger charge is 2.23. The number of likely N-dealkylation sites (N-methyl/N-ethyl adjacent to an activating group) is 1. The smallest absolute Gasteiger partial charge is 0.336 e. The quantitative estimate of drug-likeness (QED) is 0.300. The van der Waals surface area contributed by atoms with Crippen molar-refractivity contribution in [3.05, 3.63) is 103 Å². The summed E-state index contributed by atoms with van der Waals surface area (Å²) in [6.45, 7) is 2.54. The molecule has 38 heavy (non-hydrogen) atoms. The molecular weight excluding hydrogens is 492 g/mol. The van der Waals surface area contributed by atoms with Crippen molar-refractivity contribution in [3.8, 4) is 11.1 Å². The van der Waals surface area contributed by atoms with Crippen molar-refractivity contribution in [1.82, 2.24) is 15.2 Å². The zero-order valence-electron chi connectivity index (χ0n) is 20.9. The number of benzene rings is 2. The van der Waals surface area contributed by atoms with Gasteiger partial charge in [0.2, 0.25) is 0 Å². The van der Waals surface area contributed by atoms with Crippen LogP contribution in [0.15, 0.2) is 79.1 Å². The van der Waals surface area contributed by atoms with Crippen LogP contribution in [0.2, 0.25) is 0 Å². The molecule has 4 aromatic rings. The van der Waals surface area contributed by atoms with Gasteiger partial charge in [-0.05, 0) is 50.8 Å².